The largest absolute Gasteiger partial charge is 0.377 e. The molecule has 110 valence electrons. The van der Waals surface area contributed by atoms with E-state index in [1.807, 2.05) is 7.05 Å². The molecule has 1 aliphatic rings. The molecule has 20 heavy (non-hydrogen) atoms. The van der Waals surface area contributed by atoms with E-state index in [-0.39, 0.29) is 0 Å². The Balaban J connectivity index is 1.75. The summed E-state index contributed by atoms with van der Waals surface area (Å²) in [6, 6.07) is 2.15. The summed E-state index contributed by atoms with van der Waals surface area (Å²) in [6.07, 6.45) is 4.32. The Kier molecular flexibility index (Phi) is 6.08. The maximum Gasteiger partial charge on any atom is 0.193 e. The molecule has 0 spiro atoms. The van der Waals surface area contributed by atoms with E-state index < -0.39 is 0 Å². The van der Waals surface area contributed by atoms with Gasteiger partial charge >= 0.3 is 0 Å². The molecule has 0 saturated carbocycles. The van der Waals surface area contributed by atoms with Crippen molar-refractivity contribution < 1.29 is 4.74 Å². The third kappa shape index (κ3) is 4.65. The summed E-state index contributed by atoms with van der Waals surface area (Å²) >= 11 is 1.73. The Hall–Kier alpha value is -1.33. The van der Waals surface area contributed by atoms with Crippen LogP contribution in [0.1, 0.15) is 18.4 Å². The van der Waals surface area contributed by atoms with Crippen LogP contribution < -0.4 is 5.32 Å². The number of thiophene rings is 1. The van der Waals surface area contributed by atoms with Gasteiger partial charge in [-0.1, -0.05) is 11.6 Å². The second-order valence-corrected chi connectivity index (χ2v) is 5.68. The summed E-state index contributed by atoms with van der Waals surface area (Å²) in [7, 11) is 3.90. The molecule has 0 aliphatic carbocycles. The molecular formula is C15H23N3OS. The van der Waals surface area contributed by atoms with E-state index in [0.717, 1.165) is 45.1 Å². The molecule has 2 heterocycles. The average Bonchev–Trinajstić information content (AvgIpc) is 2.97. The lowest BCUT2D eigenvalue weighted by Crippen LogP contribution is -2.39. The summed E-state index contributed by atoms with van der Waals surface area (Å²) in [5, 5.41) is 7.71. The van der Waals surface area contributed by atoms with Crippen molar-refractivity contribution in [2.45, 2.75) is 19.4 Å². The standard InChI is InChI=1S/C15H23N3OS/c1-16-15(18(2)11-14-6-10-20-12-14)17-7-3-13-4-8-19-9-5-13/h4,6,10,12H,3,5,7-9,11H2,1-2H3,(H,16,17). The topological polar surface area (TPSA) is 36.9 Å². The van der Waals surface area contributed by atoms with Crippen LogP contribution in [0.5, 0.6) is 0 Å². The average molecular weight is 293 g/mol. The van der Waals surface area contributed by atoms with E-state index in [1.54, 1.807) is 11.3 Å². The molecular weight excluding hydrogens is 270 g/mol. The first-order valence-electron chi connectivity index (χ1n) is 6.98. The number of ether oxygens (including phenoxy) is 1. The van der Waals surface area contributed by atoms with Crippen molar-refractivity contribution >= 4 is 17.3 Å². The third-order valence-electron chi connectivity index (χ3n) is 3.36. The predicted octanol–water partition coefficient (Wildman–Crippen LogP) is 2.49. The fourth-order valence-corrected chi connectivity index (χ4v) is 2.90. The summed E-state index contributed by atoms with van der Waals surface area (Å²) in [6.45, 7) is 3.44. The maximum atomic E-state index is 5.32. The minimum absolute atomic E-state index is 0.766. The van der Waals surface area contributed by atoms with Crippen molar-refractivity contribution in [3.05, 3.63) is 34.0 Å². The number of guanidine groups is 1. The number of nitrogens with zero attached hydrogens (tertiary/aromatic N) is 2. The van der Waals surface area contributed by atoms with Crippen LogP contribution in [0.15, 0.2) is 33.5 Å². The van der Waals surface area contributed by atoms with E-state index in [9.17, 15) is 0 Å². The fourth-order valence-electron chi connectivity index (χ4n) is 2.24. The summed E-state index contributed by atoms with van der Waals surface area (Å²) in [5.74, 6) is 0.948. The molecule has 0 radical (unpaired) electrons. The van der Waals surface area contributed by atoms with Crippen molar-refractivity contribution in [3.8, 4) is 0 Å². The molecule has 1 aromatic heterocycles. The van der Waals surface area contributed by atoms with Crippen LogP contribution in [0.25, 0.3) is 0 Å². The monoisotopic (exact) mass is 293 g/mol. The molecule has 0 aromatic carbocycles. The van der Waals surface area contributed by atoms with Crippen LogP contribution in [0, 0.1) is 0 Å². The van der Waals surface area contributed by atoms with Gasteiger partial charge in [0.15, 0.2) is 5.96 Å². The van der Waals surface area contributed by atoms with Gasteiger partial charge in [-0.25, -0.2) is 0 Å². The van der Waals surface area contributed by atoms with Crippen LogP contribution in [-0.2, 0) is 11.3 Å². The molecule has 0 amide bonds. The molecule has 5 heteroatoms. The van der Waals surface area contributed by atoms with Crippen LogP contribution in [0.2, 0.25) is 0 Å². The molecule has 0 atom stereocenters. The second-order valence-electron chi connectivity index (χ2n) is 4.90. The van der Waals surface area contributed by atoms with E-state index >= 15 is 0 Å². The lowest BCUT2D eigenvalue weighted by atomic mass is 10.1. The maximum absolute atomic E-state index is 5.32. The molecule has 1 aromatic rings. The summed E-state index contributed by atoms with van der Waals surface area (Å²) < 4.78 is 5.32. The molecule has 0 unspecified atom stereocenters. The Morgan fingerprint density at radius 3 is 3.10 bits per heavy atom. The Morgan fingerprint density at radius 1 is 1.55 bits per heavy atom. The Morgan fingerprint density at radius 2 is 2.45 bits per heavy atom. The van der Waals surface area contributed by atoms with E-state index in [4.69, 9.17) is 4.74 Å². The van der Waals surface area contributed by atoms with Crippen LogP contribution in [-0.4, -0.2) is 44.7 Å². The molecule has 0 fully saturated rings. The van der Waals surface area contributed by atoms with E-state index in [1.165, 1.54) is 11.1 Å². The first-order chi connectivity index (χ1) is 9.79. The second kappa shape index (κ2) is 8.07. The lowest BCUT2D eigenvalue weighted by molar-refractivity contribution is 0.153. The zero-order valence-corrected chi connectivity index (χ0v) is 13.1. The van der Waals surface area contributed by atoms with Gasteiger partial charge in [-0.15, -0.1) is 0 Å². The number of hydrogen-bond acceptors (Lipinski definition) is 3. The fraction of sp³-hybridized carbons (Fsp3) is 0.533. The summed E-state index contributed by atoms with van der Waals surface area (Å²) in [5.41, 5.74) is 2.81. The quantitative estimate of drug-likeness (QED) is 0.515. The minimum Gasteiger partial charge on any atom is -0.377 e. The van der Waals surface area contributed by atoms with Gasteiger partial charge in [0, 0.05) is 27.2 Å². The lowest BCUT2D eigenvalue weighted by Gasteiger charge is -2.22. The van der Waals surface area contributed by atoms with Crippen molar-refractivity contribution in [3.63, 3.8) is 0 Å². The molecule has 1 N–H and O–H groups in total. The number of rotatable bonds is 5. The molecule has 0 bridgehead atoms. The first kappa shape index (κ1) is 15.1. The van der Waals surface area contributed by atoms with E-state index in [2.05, 4.69) is 45.2 Å². The number of hydrogen-bond donors (Lipinski definition) is 1. The van der Waals surface area contributed by atoms with Crippen LogP contribution in [0.4, 0.5) is 0 Å². The third-order valence-corrected chi connectivity index (χ3v) is 4.09. The number of aliphatic imine (C=N–C) groups is 1. The molecule has 0 saturated heterocycles. The van der Waals surface area contributed by atoms with Gasteiger partial charge in [-0.3, -0.25) is 4.99 Å². The highest BCUT2D eigenvalue weighted by Crippen LogP contribution is 2.11. The van der Waals surface area contributed by atoms with Gasteiger partial charge in [0.1, 0.15) is 0 Å². The van der Waals surface area contributed by atoms with Crippen molar-refractivity contribution in [1.29, 1.82) is 0 Å². The van der Waals surface area contributed by atoms with Crippen molar-refractivity contribution in [1.82, 2.24) is 10.2 Å². The molecule has 1 aliphatic heterocycles. The van der Waals surface area contributed by atoms with Crippen LogP contribution in [0.3, 0.4) is 0 Å². The normalized spacial score (nSPS) is 15.9. The Labute approximate surface area is 125 Å². The van der Waals surface area contributed by atoms with Crippen molar-refractivity contribution in [2.24, 2.45) is 4.99 Å². The first-order valence-corrected chi connectivity index (χ1v) is 7.92. The zero-order chi connectivity index (χ0) is 14.2. The van der Waals surface area contributed by atoms with Gasteiger partial charge < -0.3 is 15.0 Å². The zero-order valence-electron chi connectivity index (χ0n) is 12.3. The van der Waals surface area contributed by atoms with Gasteiger partial charge in [-0.2, -0.15) is 11.3 Å². The Bertz CT molecular complexity index is 454. The van der Waals surface area contributed by atoms with Gasteiger partial charge in [0.2, 0.25) is 0 Å². The highest BCUT2D eigenvalue weighted by Gasteiger charge is 2.08. The van der Waals surface area contributed by atoms with Crippen LogP contribution >= 0.6 is 11.3 Å². The predicted molar refractivity (Wildman–Crippen MR) is 85.3 cm³/mol. The van der Waals surface area contributed by atoms with Gasteiger partial charge in [0.25, 0.3) is 0 Å². The highest BCUT2D eigenvalue weighted by atomic mass is 32.1. The van der Waals surface area contributed by atoms with Gasteiger partial charge in [0.05, 0.1) is 13.2 Å². The van der Waals surface area contributed by atoms with Crippen molar-refractivity contribution in [2.75, 3.05) is 33.9 Å². The molecule has 4 nitrogen and oxygen atoms in total. The SMILES string of the molecule is CN=C(NCCC1=CCOCC1)N(C)Cc1ccsc1. The smallest absolute Gasteiger partial charge is 0.193 e. The minimum atomic E-state index is 0.766. The molecule has 2 rings (SSSR count). The van der Waals surface area contributed by atoms with E-state index in [0.29, 0.717) is 0 Å². The van der Waals surface area contributed by atoms with Gasteiger partial charge in [-0.05, 0) is 35.2 Å². The summed E-state index contributed by atoms with van der Waals surface area (Å²) in [4.78, 5) is 6.50. The number of nitrogens with one attached hydrogen (secondary N) is 1. The highest BCUT2D eigenvalue weighted by molar-refractivity contribution is 7.07.